The first-order chi connectivity index (χ1) is 9.72. The summed E-state index contributed by atoms with van der Waals surface area (Å²) in [5.41, 5.74) is 0. The van der Waals surface area contributed by atoms with Crippen LogP contribution < -0.4 is 5.32 Å². The smallest absolute Gasteiger partial charge is 0.242 e. The predicted octanol–water partition coefficient (Wildman–Crippen LogP) is -0.428. The van der Waals surface area contributed by atoms with Crippen LogP contribution in [0.3, 0.4) is 0 Å². The summed E-state index contributed by atoms with van der Waals surface area (Å²) in [6.45, 7) is 3.31. The Kier molecular flexibility index (Phi) is 5.79. The molecule has 2 aliphatic rings. The fourth-order valence-corrected chi connectivity index (χ4v) is 3.00. The Morgan fingerprint density at radius 2 is 1.90 bits per heavy atom. The molecule has 114 valence electrons. The van der Waals surface area contributed by atoms with Crippen molar-refractivity contribution >= 4 is 11.8 Å². The third-order valence-electron chi connectivity index (χ3n) is 4.11. The van der Waals surface area contributed by atoms with E-state index in [1.165, 1.54) is 12.8 Å². The number of nitrogens with one attached hydrogen (secondary N) is 1. The average molecular weight is 283 g/mol. The third kappa shape index (κ3) is 3.93. The molecule has 0 aromatic heterocycles. The maximum absolute atomic E-state index is 12.4. The summed E-state index contributed by atoms with van der Waals surface area (Å²) >= 11 is 0. The Bertz CT molecular complexity index is 341. The van der Waals surface area contributed by atoms with Crippen LogP contribution in [0.5, 0.6) is 0 Å². The van der Waals surface area contributed by atoms with E-state index in [0.29, 0.717) is 26.1 Å². The lowest BCUT2D eigenvalue weighted by molar-refractivity contribution is -0.144. The van der Waals surface area contributed by atoms with Gasteiger partial charge in [0.05, 0.1) is 6.54 Å². The van der Waals surface area contributed by atoms with E-state index in [-0.39, 0.29) is 18.4 Å². The largest absolute Gasteiger partial charge is 0.396 e. The van der Waals surface area contributed by atoms with E-state index in [1.807, 2.05) is 0 Å². The van der Waals surface area contributed by atoms with Crippen LogP contribution in [-0.2, 0) is 9.59 Å². The van der Waals surface area contributed by atoms with Gasteiger partial charge in [0.1, 0.15) is 6.04 Å². The van der Waals surface area contributed by atoms with Crippen LogP contribution in [0.1, 0.15) is 32.1 Å². The number of aliphatic hydroxyl groups is 1. The molecule has 20 heavy (non-hydrogen) atoms. The number of aliphatic hydroxyl groups excluding tert-OH is 1. The van der Waals surface area contributed by atoms with Crippen LogP contribution in [0.4, 0.5) is 0 Å². The number of hydrogen-bond donors (Lipinski definition) is 2. The Morgan fingerprint density at radius 3 is 2.55 bits per heavy atom. The van der Waals surface area contributed by atoms with Crippen molar-refractivity contribution in [2.45, 2.75) is 38.1 Å². The predicted molar refractivity (Wildman–Crippen MR) is 75.1 cm³/mol. The maximum Gasteiger partial charge on any atom is 0.242 e. The van der Waals surface area contributed by atoms with Gasteiger partial charge in [-0.05, 0) is 32.4 Å². The van der Waals surface area contributed by atoms with E-state index >= 15 is 0 Å². The lowest BCUT2D eigenvalue weighted by atomic mass is 10.1. The first-order valence-electron chi connectivity index (χ1n) is 7.63. The van der Waals surface area contributed by atoms with Gasteiger partial charge < -0.3 is 15.3 Å². The lowest BCUT2D eigenvalue weighted by Gasteiger charge is -2.36. The first-order valence-corrected chi connectivity index (χ1v) is 7.63. The summed E-state index contributed by atoms with van der Waals surface area (Å²) in [5.74, 6) is -0.130. The molecule has 0 aliphatic carbocycles. The molecule has 6 nitrogen and oxygen atoms in total. The normalized spacial score (nSPS) is 25.1. The summed E-state index contributed by atoms with van der Waals surface area (Å²) < 4.78 is 0. The van der Waals surface area contributed by atoms with Gasteiger partial charge in [-0.1, -0.05) is 12.8 Å². The van der Waals surface area contributed by atoms with Gasteiger partial charge in [0.2, 0.25) is 11.8 Å². The Hall–Kier alpha value is -1.14. The highest BCUT2D eigenvalue weighted by Crippen LogP contribution is 2.13. The molecule has 0 aromatic rings. The number of hydrogen-bond acceptors (Lipinski definition) is 4. The van der Waals surface area contributed by atoms with E-state index in [4.69, 9.17) is 5.11 Å². The highest BCUT2D eigenvalue weighted by molar-refractivity contribution is 5.89. The van der Waals surface area contributed by atoms with Crippen molar-refractivity contribution in [3.8, 4) is 0 Å². The second-order valence-corrected chi connectivity index (χ2v) is 5.60. The average Bonchev–Trinajstić information content (AvgIpc) is 2.70. The SMILES string of the molecule is O=C1NCCN(C(=O)CN2CCCCCC2)C1CCO. The van der Waals surface area contributed by atoms with E-state index in [1.54, 1.807) is 4.90 Å². The third-order valence-corrected chi connectivity index (χ3v) is 4.11. The Morgan fingerprint density at radius 1 is 1.20 bits per heavy atom. The molecule has 0 saturated carbocycles. The Balaban J connectivity index is 1.93. The van der Waals surface area contributed by atoms with Crippen LogP contribution in [0, 0.1) is 0 Å². The van der Waals surface area contributed by atoms with Crippen LogP contribution in [0.2, 0.25) is 0 Å². The minimum atomic E-state index is -0.506. The van der Waals surface area contributed by atoms with Crippen molar-refractivity contribution in [1.29, 1.82) is 0 Å². The molecule has 6 heteroatoms. The molecule has 1 atom stereocenters. The number of carbonyl (C=O) groups is 2. The summed E-state index contributed by atoms with van der Waals surface area (Å²) in [6.07, 6.45) is 5.09. The molecule has 2 saturated heterocycles. The molecule has 2 amide bonds. The van der Waals surface area contributed by atoms with Crippen molar-refractivity contribution in [3.63, 3.8) is 0 Å². The molecule has 2 fully saturated rings. The minimum Gasteiger partial charge on any atom is -0.396 e. The minimum absolute atomic E-state index is 0.0141. The molecule has 0 aromatic carbocycles. The zero-order valence-corrected chi connectivity index (χ0v) is 12.0. The number of rotatable bonds is 4. The number of carbonyl (C=O) groups excluding carboxylic acids is 2. The molecule has 1 unspecified atom stereocenters. The summed E-state index contributed by atoms with van der Waals surface area (Å²) in [4.78, 5) is 28.1. The van der Waals surface area contributed by atoms with E-state index in [0.717, 1.165) is 25.9 Å². The summed E-state index contributed by atoms with van der Waals surface area (Å²) in [7, 11) is 0. The van der Waals surface area contributed by atoms with Crippen LogP contribution >= 0.6 is 0 Å². The van der Waals surface area contributed by atoms with Gasteiger partial charge in [0.25, 0.3) is 0 Å². The van der Waals surface area contributed by atoms with Crippen molar-refractivity contribution in [2.24, 2.45) is 0 Å². The fourth-order valence-electron chi connectivity index (χ4n) is 3.00. The highest BCUT2D eigenvalue weighted by atomic mass is 16.3. The molecule has 0 radical (unpaired) electrons. The van der Waals surface area contributed by atoms with E-state index < -0.39 is 6.04 Å². The van der Waals surface area contributed by atoms with Crippen molar-refractivity contribution in [2.75, 3.05) is 39.3 Å². The molecule has 2 aliphatic heterocycles. The topological polar surface area (TPSA) is 72.9 Å². The lowest BCUT2D eigenvalue weighted by Crippen LogP contribution is -2.59. The Labute approximate surface area is 120 Å². The van der Waals surface area contributed by atoms with E-state index in [2.05, 4.69) is 10.2 Å². The maximum atomic E-state index is 12.4. The van der Waals surface area contributed by atoms with Gasteiger partial charge in [-0.3, -0.25) is 14.5 Å². The van der Waals surface area contributed by atoms with Crippen molar-refractivity contribution in [1.82, 2.24) is 15.1 Å². The van der Waals surface area contributed by atoms with Crippen LogP contribution in [0.15, 0.2) is 0 Å². The zero-order valence-electron chi connectivity index (χ0n) is 12.0. The number of piperazine rings is 1. The van der Waals surface area contributed by atoms with Gasteiger partial charge in [0, 0.05) is 19.7 Å². The fraction of sp³-hybridized carbons (Fsp3) is 0.857. The molecule has 0 spiro atoms. The number of amides is 2. The quantitative estimate of drug-likeness (QED) is 0.734. The van der Waals surface area contributed by atoms with Crippen molar-refractivity contribution < 1.29 is 14.7 Å². The molecular weight excluding hydrogens is 258 g/mol. The van der Waals surface area contributed by atoms with Gasteiger partial charge in [-0.25, -0.2) is 0 Å². The second kappa shape index (κ2) is 7.59. The van der Waals surface area contributed by atoms with Gasteiger partial charge in [-0.15, -0.1) is 0 Å². The number of likely N-dealkylation sites (tertiary alicyclic amines) is 1. The van der Waals surface area contributed by atoms with Gasteiger partial charge >= 0.3 is 0 Å². The summed E-state index contributed by atoms with van der Waals surface area (Å²) in [6, 6.07) is -0.506. The van der Waals surface area contributed by atoms with Gasteiger partial charge in [-0.2, -0.15) is 0 Å². The second-order valence-electron chi connectivity index (χ2n) is 5.60. The molecule has 2 heterocycles. The standard InChI is InChI=1S/C14H25N3O3/c18-10-5-12-14(20)15-6-9-17(12)13(19)11-16-7-3-1-2-4-8-16/h12,18H,1-11H2,(H,15,20). The van der Waals surface area contributed by atoms with Crippen LogP contribution in [0.25, 0.3) is 0 Å². The molecule has 2 rings (SSSR count). The monoisotopic (exact) mass is 283 g/mol. The molecule has 2 N–H and O–H groups in total. The van der Waals surface area contributed by atoms with Crippen LogP contribution in [-0.4, -0.2) is 72.1 Å². The van der Waals surface area contributed by atoms with Gasteiger partial charge in [0.15, 0.2) is 0 Å². The highest BCUT2D eigenvalue weighted by Gasteiger charge is 2.32. The van der Waals surface area contributed by atoms with Crippen molar-refractivity contribution in [3.05, 3.63) is 0 Å². The van der Waals surface area contributed by atoms with E-state index in [9.17, 15) is 9.59 Å². The molecular formula is C14H25N3O3. The number of nitrogens with zero attached hydrogens (tertiary/aromatic N) is 2. The zero-order chi connectivity index (χ0) is 14.4. The first kappa shape index (κ1) is 15.3. The summed E-state index contributed by atoms with van der Waals surface area (Å²) in [5, 5.41) is 11.8. The molecule has 0 bridgehead atoms.